The number of aryl methyl sites for hydroxylation is 2. The summed E-state index contributed by atoms with van der Waals surface area (Å²) < 4.78 is 15.9. The van der Waals surface area contributed by atoms with E-state index < -0.39 is 0 Å². The summed E-state index contributed by atoms with van der Waals surface area (Å²) in [5.41, 5.74) is 7.91. The minimum atomic E-state index is -0.104. The molecule has 0 radical (unpaired) electrons. The molecule has 2 nitrogen and oxygen atoms in total. The zero-order valence-corrected chi connectivity index (χ0v) is 10.0. The van der Waals surface area contributed by atoms with Crippen LogP contribution in [-0.2, 0) is 13.5 Å². The van der Waals surface area contributed by atoms with Crippen LogP contribution in [0.2, 0.25) is 0 Å². The molecule has 0 bridgehead atoms. The lowest BCUT2D eigenvalue weighted by atomic mass is 10.0. The summed E-state index contributed by atoms with van der Waals surface area (Å²) in [6.07, 6.45) is 5.75. The molecule has 1 aromatic heterocycles. The minimum Gasteiger partial charge on any atom is -0.351 e. The molecule has 1 aliphatic carbocycles. The number of halogens is 1. The maximum atomic E-state index is 13.9. The number of benzene rings is 1. The molecular weight excluding hydrogens is 215 g/mol. The molecule has 0 amide bonds. The van der Waals surface area contributed by atoms with E-state index in [-0.39, 0.29) is 11.4 Å². The highest BCUT2D eigenvalue weighted by Crippen LogP contribution is 2.37. The van der Waals surface area contributed by atoms with E-state index in [0.717, 1.165) is 42.1 Å². The Morgan fingerprint density at radius 2 is 2.18 bits per heavy atom. The predicted octanol–water partition coefficient (Wildman–Crippen LogP) is 2.74. The molecule has 90 valence electrons. The average molecular weight is 232 g/mol. The number of fused-ring (bicyclic) bond motifs is 1. The fraction of sp³-hybridized carbons (Fsp3) is 0.429. The third-order valence-corrected chi connectivity index (χ3v) is 3.84. The standard InChI is InChI=1S/C14H17FN2/c1-17-7-3-11-8-12(15)10(9-13(11)17)2-4-14(16)5-6-14/h3,7-9H,2,4-6,16H2,1H3. The smallest absolute Gasteiger partial charge is 0.127 e. The van der Waals surface area contributed by atoms with Crippen molar-refractivity contribution in [3.8, 4) is 0 Å². The second kappa shape index (κ2) is 3.57. The Morgan fingerprint density at radius 3 is 2.88 bits per heavy atom. The molecule has 1 aliphatic rings. The number of rotatable bonds is 3. The number of aromatic nitrogens is 1. The van der Waals surface area contributed by atoms with E-state index in [1.165, 1.54) is 0 Å². The molecule has 0 saturated heterocycles. The maximum Gasteiger partial charge on any atom is 0.127 e. The van der Waals surface area contributed by atoms with Crippen LogP contribution in [0.5, 0.6) is 0 Å². The van der Waals surface area contributed by atoms with Crippen LogP contribution < -0.4 is 5.73 Å². The Kier molecular flexibility index (Phi) is 2.26. The van der Waals surface area contributed by atoms with Crippen molar-refractivity contribution in [3.05, 3.63) is 35.8 Å². The van der Waals surface area contributed by atoms with Gasteiger partial charge in [-0.25, -0.2) is 4.39 Å². The van der Waals surface area contributed by atoms with Crippen LogP contribution in [0.4, 0.5) is 4.39 Å². The summed E-state index contributed by atoms with van der Waals surface area (Å²) in [7, 11) is 1.98. The molecule has 0 aliphatic heterocycles. The first-order chi connectivity index (χ1) is 8.07. The molecular formula is C14H17FN2. The first-order valence-electron chi connectivity index (χ1n) is 6.10. The van der Waals surface area contributed by atoms with Crippen molar-refractivity contribution in [1.82, 2.24) is 4.57 Å². The Bertz CT molecular complexity index is 567. The third kappa shape index (κ3) is 1.95. The second-order valence-electron chi connectivity index (χ2n) is 5.29. The van der Waals surface area contributed by atoms with Crippen LogP contribution in [0.25, 0.3) is 10.9 Å². The first-order valence-corrected chi connectivity index (χ1v) is 6.10. The van der Waals surface area contributed by atoms with Crippen LogP contribution in [0, 0.1) is 5.82 Å². The summed E-state index contributed by atoms with van der Waals surface area (Å²) in [5.74, 6) is -0.104. The second-order valence-corrected chi connectivity index (χ2v) is 5.29. The molecule has 1 heterocycles. The van der Waals surface area contributed by atoms with E-state index in [0.29, 0.717) is 0 Å². The number of hydrogen-bond donors (Lipinski definition) is 1. The van der Waals surface area contributed by atoms with E-state index in [4.69, 9.17) is 5.73 Å². The third-order valence-electron chi connectivity index (χ3n) is 3.84. The van der Waals surface area contributed by atoms with Gasteiger partial charge in [0.25, 0.3) is 0 Å². The van der Waals surface area contributed by atoms with Gasteiger partial charge < -0.3 is 10.3 Å². The van der Waals surface area contributed by atoms with Gasteiger partial charge in [0.15, 0.2) is 0 Å². The molecule has 1 aromatic carbocycles. The summed E-state index contributed by atoms with van der Waals surface area (Å²) in [6, 6.07) is 5.52. The van der Waals surface area contributed by atoms with Gasteiger partial charge >= 0.3 is 0 Å². The van der Waals surface area contributed by atoms with Gasteiger partial charge in [0.05, 0.1) is 0 Å². The van der Waals surface area contributed by atoms with E-state index in [1.807, 2.05) is 29.9 Å². The molecule has 3 heteroatoms. The lowest BCUT2D eigenvalue weighted by Crippen LogP contribution is -2.22. The van der Waals surface area contributed by atoms with Crippen molar-refractivity contribution in [2.24, 2.45) is 12.8 Å². The fourth-order valence-electron chi connectivity index (χ4n) is 2.32. The molecule has 1 fully saturated rings. The summed E-state index contributed by atoms with van der Waals surface area (Å²) in [5, 5.41) is 0.961. The Morgan fingerprint density at radius 1 is 1.41 bits per heavy atom. The number of hydrogen-bond acceptors (Lipinski definition) is 1. The zero-order valence-electron chi connectivity index (χ0n) is 10.0. The van der Waals surface area contributed by atoms with Crippen LogP contribution >= 0.6 is 0 Å². The predicted molar refractivity (Wildman–Crippen MR) is 67.4 cm³/mol. The largest absolute Gasteiger partial charge is 0.351 e. The van der Waals surface area contributed by atoms with Crippen LogP contribution in [0.1, 0.15) is 24.8 Å². The Labute approximate surface area is 100 Å². The SMILES string of the molecule is Cn1ccc2cc(F)c(CCC3(N)CC3)cc21. The Balaban J connectivity index is 1.91. The van der Waals surface area contributed by atoms with E-state index in [9.17, 15) is 4.39 Å². The van der Waals surface area contributed by atoms with Crippen molar-refractivity contribution in [3.63, 3.8) is 0 Å². The highest BCUT2D eigenvalue weighted by atomic mass is 19.1. The van der Waals surface area contributed by atoms with Gasteiger partial charge in [-0.1, -0.05) is 0 Å². The lowest BCUT2D eigenvalue weighted by Gasteiger charge is -2.09. The lowest BCUT2D eigenvalue weighted by molar-refractivity contribution is 0.572. The van der Waals surface area contributed by atoms with Gasteiger partial charge in [-0.3, -0.25) is 0 Å². The van der Waals surface area contributed by atoms with Gasteiger partial charge in [0.1, 0.15) is 5.82 Å². The monoisotopic (exact) mass is 232 g/mol. The van der Waals surface area contributed by atoms with Crippen molar-refractivity contribution in [1.29, 1.82) is 0 Å². The number of nitrogens with zero attached hydrogens (tertiary/aromatic N) is 1. The molecule has 0 atom stereocenters. The average Bonchev–Trinajstić information content (AvgIpc) is 2.93. The van der Waals surface area contributed by atoms with E-state index in [2.05, 4.69) is 0 Å². The summed E-state index contributed by atoms with van der Waals surface area (Å²) in [6.45, 7) is 0. The highest BCUT2D eigenvalue weighted by molar-refractivity contribution is 5.80. The van der Waals surface area contributed by atoms with E-state index in [1.54, 1.807) is 6.07 Å². The molecule has 3 rings (SSSR count). The first kappa shape index (κ1) is 10.8. The van der Waals surface area contributed by atoms with Crippen molar-refractivity contribution >= 4 is 10.9 Å². The molecule has 17 heavy (non-hydrogen) atoms. The molecule has 0 unspecified atom stereocenters. The maximum absolute atomic E-state index is 13.9. The van der Waals surface area contributed by atoms with Crippen LogP contribution in [0.15, 0.2) is 24.4 Å². The Hall–Kier alpha value is -1.35. The minimum absolute atomic E-state index is 0.00436. The molecule has 0 spiro atoms. The van der Waals surface area contributed by atoms with Crippen molar-refractivity contribution in [2.75, 3.05) is 0 Å². The topological polar surface area (TPSA) is 30.9 Å². The number of nitrogens with two attached hydrogens (primary N) is 1. The van der Waals surface area contributed by atoms with Gasteiger partial charge in [-0.05, 0) is 49.4 Å². The summed E-state index contributed by atoms with van der Waals surface area (Å²) in [4.78, 5) is 0. The van der Waals surface area contributed by atoms with Crippen molar-refractivity contribution < 1.29 is 4.39 Å². The fourth-order valence-corrected chi connectivity index (χ4v) is 2.32. The molecule has 2 N–H and O–H groups in total. The zero-order chi connectivity index (χ0) is 12.0. The van der Waals surface area contributed by atoms with Gasteiger partial charge in [-0.2, -0.15) is 0 Å². The van der Waals surface area contributed by atoms with Crippen molar-refractivity contribution in [2.45, 2.75) is 31.2 Å². The van der Waals surface area contributed by atoms with Crippen LogP contribution in [-0.4, -0.2) is 10.1 Å². The van der Waals surface area contributed by atoms with Gasteiger partial charge in [-0.15, -0.1) is 0 Å². The quantitative estimate of drug-likeness (QED) is 0.866. The van der Waals surface area contributed by atoms with Crippen LogP contribution in [0.3, 0.4) is 0 Å². The summed E-state index contributed by atoms with van der Waals surface area (Å²) >= 11 is 0. The van der Waals surface area contributed by atoms with Gasteiger partial charge in [0.2, 0.25) is 0 Å². The normalized spacial score (nSPS) is 17.6. The highest BCUT2D eigenvalue weighted by Gasteiger charge is 2.37. The van der Waals surface area contributed by atoms with E-state index >= 15 is 0 Å². The van der Waals surface area contributed by atoms with Gasteiger partial charge in [0, 0.05) is 29.7 Å². The molecule has 2 aromatic rings. The molecule has 1 saturated carbocycles.